The highest BCUT2D eigenvalue weighted by Crippen LogP contribution is 2.22. The van der Waals surface area contributed by atoms with Crippen molar-refractivity contribution in [2.45, 2.75) is 6.54 Å². The van der Waals surface area contributed by atoms with E-state index in [1.807, 2.05) is 12.1 Å². The maximum Gasteiger partial charge on any atom is 0.123 e. The Morgan fingerprint density at radius 3 is 2.38 bits per heavy atom. The van der Waals surface area contributed by atoms with Crippen molar-refractivity contribution in [2.24, 2.45) is 0 Å². The number of hydrogen-bond acceptors (Lipinski definition) is 2. The molecule has 0 aliphatic heterocycles. The summed E-state index contributed by atoms with van der Waals surface area (Å²) < 4.78 is 18.1. The van der Waals surface area contributed by atoms with Gasteiger partial charge in [-0.2, -0.15) is 0 Å². The smallest absolute Gasteiger partial charge is 0.123 e. The van der Waals surface area contributed by atoms with Crippen molar-refractivity contribution in [1.29, 1.82) is 0 Å². The van der Waals surface area contributed by atoms with Crippen molar-refractivity contribution >= 4 is 16.5 Å². The average molecular weight is 281 g/mol. The Kier molecular flexibility index (Phi) is 3.73. The molecule has 0 aliphatic rings. The Morgan fingerprint density at radius 2 is 1.62 bits per heavy atom. The van der Waals surface area contributed by atoms with Gasteiger partial charge in [0.1, 0.15) is 11.6 Å². The van der Waals surface area contributed by atoms with Gasteiger partial charge in [-0.3, -0.25) is 0 Å². The van der Waals surface area contributed by atoms with Crippen LogP contribution < -0.4 is 10.1 Å². The quantitative estimate of drug-likeness (QED) is 0.754. The molecular formula is C18H16FNO. The summed E-state index contributed by atoms with van der Waals surface area (Å²) in [6.07, 6.45) is 0. The summed E-state index contributed by atoms with van der Waals surface area (Å²) in [5, 5.41) is 5.61. The van der Waals surface area contributed by atoms with Gasteiger partial charge in [0, 0.05) is 12.2 Å². The second-order valence-corrected chi connectivity index (χ2v) is 4.91. The molecule has 0 unspecified atom stereocenters. The van der Waals surface area contributed by atoms with Crippen LogP contribution in [0.3, 0.4) is 0 Å². The largest absolute Gasteiger partial charge is 0.497 e. The molecule has 0 bridgehead atoms. The van der Waals surface area contributed by atoms with Crippen molar-refractivity contribution in [3.8, 4) is 5.75 Å². The number of rotatable bonds is 4. The summed E-state index contributed by atoms with van der Waals surface area (Å²) in [7, 11) is 1.67. The molecule has 3 rings (SSSR count). The summed E-state index contributed by atoms with van der Waals surface area (Å²) in [5.74, 6) is 0.639. The number of anilines is 1. The van der Waals surface area contributed by atoms with Gasteiger partial charge in [0.2, 0.25) is 0 Å². The molecule has 106 valence electrons. The van der Waals surface area contributed by atoms with Gasteiger partial charge in [-0.05, 0) is 58.8 Å². The van der Waals surface area contributed by atoms with Crippen LogP contribution in [0.2, 0.25) is 0 Å². The summed E-state index contributed by atoms with van der Waals surface area (Å²) in [4.78, 5) is 0. The summed E-state index contributed by atoms with van der Waals surface area (Å²) in [5.41, 5.74) is 2.09. The van der Waals surface area contributed by atoms with E-state index in [1.165, 1.54) is 23.1 Å². The SMILES string of the molecule is COc1ccc2cc(CNc3ccc(F)cc3)ccc2c1. The Bertz CT molecular complexity index is 753. The molecule has 1 N–H and O–H groups in total. The molecule has 2 nitrogen and oxygen atoms in total. The Morgan fingerprint density at radius 1 is 0.905 bits per heavy atom. The number of ether oxygens (including phenoxy) is 1. The molecule has 0 aliphatic carbocycles. The van der Waals surface area contributed by atoms with Gasteiger partial charge in [0.15, 0.2) is 0 Å². The van der Waals surface area contributed by atoms with Crippen LogP contribution in [0.5, 0.6) is 5.75 Å². The highest BCUT2D eigenvalue weighted by atomic mass is 19.1. The zero-order valence-corrected chi connectivity index (χ0v) is 11.8. The maximum absolute atomic E-state index is 12.8. The van der Waals surface area contributed by atoms with E-state index in [1.54, 1.807) is 19.2 Å². The van der Waals surface area contributed by atoms with Gasteiger partial charge in [-0.1, -0.05) is 18.2 Å². The first kappa shape index (κ1) is 13.4. The van der Waals surface area contributed by atoms with Crippen LogP contribution in [0.1, 0.15) is 5.56 Å². The van der Waals surface area contributed by atoms with Gasteiger partial charge >= 0.3 is 0 Å². The first-order chi connectivity index (χ1) is 10.2. The lowest BCUT2D eigenvalue weighted by atomic mass is 10.1. The third-order valence-corrected chi connectivity index (χ3v) is 3.45. The molecule has 0 saturated carbocycles. The second-order valence-electron chi connectivity index (χ2n) is 4.91. The fourth-order valence-corrected chi connectivity index (χ4v) is 2.28. The van der Waals surface area contributed by atoms with Gasteiger partial charge in [-0.25, -0.2) is 4.39 Å². The number of benzene rings is 3. The van der Waals surface area contributed by atoms with Crippen LogP contribution in [0.4, 0.5) is 10.1 Å². The highest BCUT2D eigenvalue weighted by molar-refractivity contribution is 5.84. The minimum Gasteiger partial charge on any atom is -0.497 e. The van der Waals surface area contributed by atoms with Crippen LogP contribution in [0.25, 0.3) is 10.8 Å². The highest BCUT2D eigenvalue weighted by Gasteiger charge is 2.00. The van der Waals surface area contributed by atoms with E-state index in [9.17, 15) is 4.39 Å². The molecule has 3 heteroatoms. The second kappa shape index (κ2) is 5.83. The molecule has 3 aromatic rings. The van der Waals surface area contributed by atoms with Crippen LogP contribution in [-0.2, 0) is 6.54 Å². The minimum atomic E-state index is -0.222. The van der Waals surface area contributed by atoms with Gasteiger partial charge in [-0.15, -0.1) is 0 Å². The fraction of sp³-hybridized carbons (Fsp3) is 0.111. The minimum absolute atomic E-state index is 0.222. The predicted molar refractivity (Wildman–Crippen MR) is 84.2 cm³/mol. The lowest BCUT2D eigenvalue weighted by molar-refractivity contribution is 0.415. The zero-order valence-electron chi connectivity index (χ0n) is 11.8. The lowest BCUT2D eigenvalue weighted by Crippen LogP contribution is -1.99. The third kappa shape index (κ3) is 3.14. The van der Waals surface area contributed by atoms with Crippen molar-refractivity contribution in [3.63, 3.8) is 0 Å². The van der Waals surface area contributed by atoms with Crippen LogP contribution in [0, 0.1) is 5.82 Å². The predicted octanol–water partition coefficient (Wildman–Crippen LogP) is 4.60. The molecule has 0 atom stereocenters. The molecule has 0 saturated heterocycles. The number of nitrogens with one attached hydrogen (secondary N) is 1. The Labute approximate surface area is 123 Å². The molecule has 0 radical (unpaired) electrons. The van der Waals surface area contributed by atoms with E-state index in [0.717, 1.165) is 16.8 Å². The van der Waals surface area contributed by atoms with E-state index >= 15 is 0 Å². The molecule has 0 heterocycles. The molecule has 0 spiro atoms. The molecule has 0 amide bonds. The monoisotopic (exact) mass is 281 g/mol. The maximum atomic E-state index is 12.8. The van der Waals surface area contributed by atoms with Crippen molar-refractivity contribution in [1.82, 2.24) is 0 Å². The van der Waals surface area contributed by atoms with Gasteiger partial charge < -0.3 is 10.1 Å². The van der Waals surface area contributed by atoms with Crippen LogP contribution >= 0.6 is 0 Å². The normalized spacial score (nSPS) is 10.6. The van der Waals surface area contributed by atoms with Gasteiger partial charge in [0.25, 0.3) is 0 Å². The average Bonchev–Trinajstić information content (AvgIpc) is 2.53. The summed E-state index contributed by atoms with van der Waals surface area (Å²) >= 11 is 0. The van der Waals surface area contributed by atoms with Gasteiger partial charge in [0.05, 0.1) is 7.11 Å². The lowest BCUT2D eigenvalue weighted by Gasteiger charge is -2.08. The summed E-state index contributed by atoms with van der Waals surface area (Å²) in [6, 6.07) is 18.7. The number of fused-ring (bicyclic) bond motifs is 1. The molecule has 21 heavy (non-hydrogen) atoms. The van der Waals surface area contributed by atoms with Crippen LogP contribution in [-0.4, -0.2) is 7.11 Å². The standard InChI is InChI=1S/C18H16FNO/c1-21-18-9-4-14-10-13(2-3-15(14)11-18)12-20-17-7-5-16(19)6-8-17/h2-11,20H,12H2,1H3. The van der Waals surface area contributed by atoms with E-state index < -0.39 is 0 Å². The Balaban J connectivity index is 1.76. The van der Waals surface area contributed by atoms with Crippen molar-refractivity contribution < 1.29 is 9.13 Å². The van der Waals surface area contributed by atoms with E-state index in [0.29, 0.717) is 6.54 Å². The number of methoxy groups -OCH3 is 1. The zero-order chi connectivity index (χ0) is 14.7. The fourth-order valence-electron chi connectivity index (χ4n) is 2.28. The third-order valence-electron chi connectivity index (χ3n) is 3.45. The van der Waals surface area contributed by atoms with Crippen molar-refractivity contribution in [2.75, 3.05) is 12.4 Å². The molecule has 0 aromatic heterocycles. The number of halogens is 1. The Hall–Kier alpha value is -2.55. The van der Waals surface area contributed by atoms with Crippen LogP contribution in [0.15, 0.2) is 60.7 Å². The molecular weight excluding hydrogens is 265 g/mol. The van der Waals surface area contributed by atoms with E-state index in [4.69, 9.17) is 4.74 Å². The van der Waals surface area contributed by atoms with Crippen molar-refractivity contribution in [3.05, 3.63) is 72.0 Å². The topological polar surface area (TPSA) is 21.3 Å². The number of hydrogen-bond donors (Lipinski definition) is 1. The van der Waals surface area contributed by atoms with E-state index in [2.05, 4.69) is 29.6 Å². The van der Waals surface area contributed by atoms with E-state index in [-0.39, 0.29) is 5.82 Å². The molecule has 3 aromatic carbocycles. The first-order valence-electron chi connectivity index (χ1n) is 6.81. The first-order valence-corrected chi connectivity index (χ1v) is 6.81. The molecule has 0 fully saturated rings. The summed E-state index contributed by atoms with van der Waals surface area (Å²) in [6.45, 7) is 0.702.